The van der Waals surface area contributed by atoms with Crippen LogP contribution < -0.4 is 9.47 Å². The van der Waals surface area contributed by atoms with Gasteiger partial charge in [-0.25, -0.2) is 0 Å². The first-order chi connectivity index (χ1) is 25.0. The van der Waals surface area contributed by atoms with E-state index in [0.717, 1.165) is 34.6 Å². The van der Waals surface area contributed by atoms with Crippen LogP contribution in [0.1, 0.15) is 113 Å². The fraction of sp³-hybridized carbons (Fsp3) is 0.659. The van der Waals surface area contributed by atoms with Gasteiger partial charge in [0, 0.05) is 31.3 Å². The Morgan fingerprint density at radius 3 is 1.77 bits per heavy atom. The molecule has 0 radical (unpaired) electrons. The molecular formula is C44H72O8Si. The number of ether oxygens (including phenoxy) is 5. The molecule has 9 heteroatoms. The van der Waals surface area contributed by atoms with Gasteiger partial charge in [0.25, 0.3) is 0 Å². The van der Waals surface area contributed by atoms with Gasteiger partial charge in [-0.3, -0.25) is 4.79 Å². The summed E-state index contributed by atoms with van der Waals surface area (Å²) >= 11 is 0. The molecule has 0 aliphatic rings. The van der Waals surface area contributed by atoms with E-state index < -0.39 is 25.9 Å². The van der Waals surface area contributed by atoms with Gasteiger partial charge in [0.2, 0.25) is 0 Å². The normalized spacial score (nSPS) is 15.1. The van der Waals surface area contributed by atoms with E-state index in [1.807, 2.05) is 62.4 Å². The fourth-order valence-corrected chi connectivity index (χ4v) is 12.9. The molecule has 8 nitrogen and oxygen atoms in total. The Morgan fingerprint density at radius 1 is 0.811 bits per heavy atom. The lowest BCUT2D eigenvalue weighted by molar-refractivity contribution is -0.161. The molecule has 2 aromatic rings. The van der Waals surface area contributed by atoms with Crippen molar-refractivity contribution in [2.45, 2.75) is 150 Å². The molecule has 300 valence electrons. The van der Waals surface area contributed by atoms with Crippen LogP contribution in [-0.4, -0.2) is 65.1 Å². The molecule has 0 bridgehead atoms. The first-order valence-corrected chi connectivity index (χ1v) is 21.8. The number of aliphatic hydroxyl groups excluding tert-OH is 1. The Morgan fingerprint density at radius 2 is 1.32 bits per heavy atom. The number of aliphatic hydroxyl groups is 1. The van der Waals surface area contributed by atoms with E-state index in [4.69, 9.17) is 28.1 Å². The minimum Gasteiger partial charge on any atom is -0.497 e. The second-order valence-electron chi connectivity index (χ2n) is 16.1. The Hall–Kier alpha value is -2.69. The van der Waals surface area contributed by atoms with Crippen molar-refractivity contribution in [3.05, 3.63) is 71.3 Å². The quantitative estimate of drug-likeness (QED) is 0.0608. The molecule has 53 heavy (non-hydrogen) atoms. The highest BCUT2D eigenvalue weighted by Crippen LogP contribution is 2.42. The number of hydrogen-bond donors (Lipinski definition) is 1. The minimum absolute atomic E-state index is 0.211. The predicted molar refractivity (Wildman–Crippen MR) is 218 cm³/mol. The number of hydrogen-bond acceptors (Lipinski definition) is 8. The number of carbonyl (C=O) groups excluding carboxylic acids is 1. The standard InChI is InChI=1S/C44H72O8Si/c1-14-35(29-51-53(31(3)4,32(5)6)33(7)8)24-34(9)41(50-28-37-18-22-40(48-13)23-19-37)25-38(45)26-42(52-43(46)15-2)44(10,11)30-49-27-36-16-20-39(47-12)21-17-36/h16-24,31-33,35,38,41-42,45H,14-15,25-30H2,1-13H3/b34-24-/t35-,38+,41-,42-/m1/s1. The predicted octanol–water partition coefficient (Wildman–Crippen LogP) is 10.5. The van der Waals surface area contributed by atoms with Crippen LogP contribution in [0, 0.1) is 11.3 Å². The van der Waals surface area contributed by atoms with Crippen LogP contribution in [0.25, 0.3) is 0 Å². The molecule has 0 fully saturated rings. The van der Waals surface area contributed by atoms with E-state index in [-0.39, 0.29) is 30.8 Å². The fourth-order valence-electron chi connectivity index (χ4n) is 7.42. The molecule has 0 unspecified atom stereocenters. The molecule has 1 N–H and O–H groups in total. The maximum absolute atomic E-state index is 12.6. The van der Waals surface area contributed by atoms with E-state index in [0.29, 0.717) is 49.5 Å². The van der Waals surface area contributed by atoms with Crippen LogP contribution in [-0.2, 0) is 36.6 Å². The minimum atomic E-state index is -2.03. The highest BCUT2D eigenvalue weighted by Gasteiger charge is 2.45. The summed E-state index contributed by atoms with van der Waals surface area (Å²) in [5, 5.41) is 11.7. The summed E-state index contributed by atoms with van der Waals surface area (Å²) in [4.78, 5) is 12.6. The molecule has 0 spiro atoms. The number of esters is 1. The van der Waals surface area contributed by atoms with Crippen LogP contribution in [0.3, 0.4) is 0 Å². The molecule has 2 rings (SSSR count). The lowest BCUT2D eigenvalue weighted by Gasteiger charge is -2.43. The first kappa shape index (κ1) is 46.5. The second kappa shape index (κ2) is 22.6. The van der Waals surface area contributed by atoms with Gasteiger partial charge in [-0.1, -0.05) is 99.6 Å². The third kappa shape index (κ3) is 14.5. The van der Waals surface area contributed by atoms with Crippen LogP contribution in [0.15, 0.2) is 60.2 Å². The molecule has 0 heterocycles. The van der Waals surface area contributed by atoms with E-state index >= 15 is 0 Å². The second-order valence-corrected chi connectivity index (χ2v) is 21.6. The van der Waals surface area contributed by atoms with Crippen molar-refractivity contribution in [3.8, 4) is 11.5 Å². The van der Waals surface area contributed by atoms with E-state index in [1.54, 1.807) is 21.1 Å². The average molecular weight is 757 g/mol. The molecule has 0 saturated heterocycles. The van der Waals surface area contributed by atoms with Gasteiger partial charge in [-0.05, 0) is 76.9 Å². The summed E-state index contributed by atoms with van der Waals surface area (Å²) in [6, 6.07) is 15.6. The summed E-state index contributed by atoms with van der Waals surface area (Å²) in [6.07, 6.45) is 2.35. The van der Waals surface area contributed by atoms with Crippen LogP contribution in [0.4, 0.5) is 0 Å². The van der Waals surface area contributed by atoms with Crippen LogP contribution in [0.5, 0.6) is 11.5 Å². The molecule has 4 atom stereocenters. The highest BCUT2D eigenvalue weighted by atomic mass is 28.4. The van der Waals surface area contributed by atoms with Crippen molar-refractivity contribution < 1.29 is 38.0 Å². The lowest BCUT2D eigenvalue weighted by Crippen LogP contribution is -2.48. The van der Waals surface area contributed by atoms with Gasteiger partial charge in [0.15, 0.2) is 8.32 Å². The van der Waals surface area contributed by atoms with E-state index in [2.05, 4.69) is 61.5 Å². The lowest BCUT2D eigenvalue weighted by atomic mass is 9.83. The van der Waals surface area contributed by atoms with Gasteiger partial charge in [0.1, 0.15) is 17.6 Å². The molecule has 0 amide bonds. The smallest absolute Gasteiger partial charge is 0.305 e. The van der Waals surface area contributed by atoms with Crippen molar-refractivity contribution in [2.24, 2.45) is 11.3 Å². The van der Waals surface area contributed by atoms with Crippen molar-refractivity contribution in [2.75, 3.05) is 27.4 Å². The number of benzene rings is 2. The van der Waals surface area contributed by atoms with Gasteiger partial charge in [-0.2, -0.15) is 0 Å². The van der Waals surface area contributed by atoms with Gasteiger partial charge in [-0.15, -0.1) is 0 Å². The Labute approximate surface area is 323 Å². The molecule has 0 aliphatic carbocycles. The largest absolute Gasteiger partial charge is 0.497 e. The zero-order valence-corrected chi connectivity index (χ0v) is 36.2. The molecular weight excluding hydrogens is 685 g/mol. The summed E-state index contributed by atoms with van der Waals surface area (Å²) in [7, 11) is 1.26. The molecule has 0 aromatic heterocycles. The van der Waals surface area contributed by atoms with Gasteiger partial charge < -0.3 is 33.2 Å². The Bertz CT molecular complexity index is 1330. The van der Waals surface area contributed by atoms with Crippen molar-refractivity contribution in [1.29, 1.82) is 0 Å². The van der Waals surface area contributed by atoms with E-state index in [9.17, 15) is 9.90 Å². The average Bonchev–Trinajstić information content (AvgIpc) is 3.12. The van der Waals surface area contributed by atoms with Gasteiger partial charge >= 0.3 is 5.97 Å². The Kier molecular flexibility index (Phi) is 19.8. The summed E-state index contributed by atoms with van der Waals surface area (Å²) < 4.78 is 36.4. The molecule has 0 saturated carbocycles. The van der Waals surface area contributed by atoms with Crippen LogP contribution >= 0.6 is 0 Å². The summed E-state index contributed by atoms with van der Waals surface area (Å²) in [6.45, 7) is 25.8. The van der Waals surface area contributed by atoms with E-state index in [1.165, 1.54) is 0 Å². The van der Waals surface area contributed by atoms with Crippen molar-refractivity contribution >= 4 is 14.3 Å². The van der Waals surface area contributed by atoms with Crippen molar-refractivity contribution in [3.63, 3.8) is 0 Å². The topological polar surface area (TPSA) is 92.7 Å². The third-order valence-corrected chi connectivity index (χ3v) is 16.8. The maximum atomic E-state index is 12.6. The third-order valence-electron chi connectivity index (χ3n) is 10.7. The van der Waals surface area contributed by atoms with Crippen molar-refractivity contribution in [1.82, 2.24) is 0 Å². The summed E-state index contributed by atoms with van der Waals surface area (Å²) in [5.74, 6) is 1.48. The molecule has 0 aliphatic heterocycles. The zero-order valence-electron chi connectivity index (χ0n) is 35.2. The summed E-state index contributed by atoms with van der Waals surface area (Å²) in [5.41, 5.74) is 4.05. The molecule has 2 aromatic carbocycles. The first-order valence-electron chi connectivity index (χ1n) is 19.7. The number of rotatable bonds is 25. The van der Waals surface area contributed by atoms with Crippen LogP contribution in [0.2, 0.25) is 16.6 Å². The SMILES string of the molecule is CCC(=O)O[C@H](C[C@@H](O)C[C@@H](OCc1ccc(OC)cc1)/C(C)=C\[C@@H](CC)CO[Si](C(C)C)(C(C)C)C(C)C)C(C)(C)COCc1ccc(OC)cc1. The van der Waals surface area contributed by atoms with Gasteiger partial charge in [0.05, 0.1) is 46.2 Å². The number of methoxy groups -OCH3 is 2. The monoisotopic (exact) mass is 756 g/mol. The zero-order chi connectivity index (χ0) is 39.8. The Balaban J connectivity index is 2.30. The number of carbonyl (C=O) groups is 1. The highest BCUT2D eigenvalue weighted by molar-refractivity contribution is 6.77. The maximum Gasteiger partial charge on any atom is 0.305 e.